The Morgan fingerprint density at radius 1 is 0.524 bits per heavy atom. The fourth-order valence-corrected chi connectivity index (χ4v) is 6.90. The third-order valence-corrected chi connectivity index (χ3v) is 8.25. The zero-order chi connectivity index (χ0) is 14.5. The van der Waals surface area contributed by atoms with Gasteiger partial charge < -0.3 is 0 Å². The van der Waals surface area contributed by atoms with Crippen LogP contribution < -0.4 is 15.9 Å². The Hall–Kier alpha value is -1.82. The molecule has 0 saturated carbocycles. The molecule has 0 saturated heterocycles. The Morgan fingerprint density at radius 3 is 1.05 bits per heavy atom. The van der Waals surface area contributed by atoms with Crippen LogP contribution in [0.15, 0.2) is 91.0 Å². The van der Waals surface area contributed by atoms with Gasteiger partial charge in [0.1, 0.15) is 28.3 Å². The van der Waals surface area contributed by atoms with Crippen LogP contribution in [0.3, 0.4) is 0 Å². The second-order valence-corrected chi connectivity index (χ2v) is 8.67. The van der Waals surface area contributed by atoms with Crippen LogP contribution in [-0.4, -0.2) is 5.11 Å². The maximum absolute atomic E-state index is 5.56. The fourth-order valence-electron chi connectivity index (χ4n) is 2.62. The lowest BCUT2D eigenvalue weighted by molar-refractivity contribution is 1.73. The molecular weight excluding hydrogens is 291 g/mol. The highest BCUT2D eigenvalue weighted by Gasteiger charge is 2.43. The highest BCUT2D eigenvalue weighted by atomic mass is 32.1. The predicted octanol–water partition coefficient (Wildman–Crippen LogP) is 3.94. The first kappa shape index (κ1) is 14.1. The summed E-state index contributed by atoms with van der Waals surface area (Å²) in [5.41, 5.74) is 0. The molecule has 0 aliphatic carbocycles. The predicted molar refractivity (Wildman–Crippen MR) is 98.8 cm³/mol. The van der Waals surface area contributed by atoms with Crippen molar-refractivity contribution in [3.05, 3.63) is 91.0 Å². The Balaban J connectivity index is 2.31. The minimum Gasteiger partial charge on any atom is -0.0620 e. The van der Waals surface area contributed by atoms with Gasteiger partial charge in [0.15, 0.2) is 0 Å². The van der Waals surface area contributed by atoms with Gasteiger partial charge >= 0.3 is 0 Å². The Kier molecular flexibility index (Phi) is 4.24. The largest absolute Gasteiger partial charge is 0.148 e. The Labute approximate surface area is 131 Å². The number of hydrogen-bond acceptors (Lipinski definition) is 1. The fraction of sp³-hybridized carbons (Fsp3) is 0. The van der Waals surface area contributed by atoms with Gasteiger partial charge in [0.2, 0.25) is 0 Å². The van der Waals surface area contributed by atoms with Crippen LogP contribution in [0, 0.1) is 0 Å². The lowest BCUT2D eigenvalue weighted by Gasteiger charge is -2.22. The van der Waals surface area contributed by atoms with Crippen molar-refractivity contribution in [1.82, 2.24) is 0 Å². The maximum atomic E-state index is 5.56. The van der Waals surface area contributed by atoms with Crippen molar-refractivity contribution >= 4 is 40.5 Å². The average molecular weight is 307 g/mol. The zero-order valence-corrected chi connectivity index (χ0v) is 13.3. The summed E-state index contributed by atoms with van der Waals surface area (Å²) >= 11 is 5.56. The molecule has 3 aromatic rings. The van der Waals surface area contributed by atoms with E-state index in [1.54, 1.807) is 0 Å². The molecule has 0 unspecified atom stereocenters. The van der Waals surface area contributed by atoms with Gasteiger partial charge in [-0.05, 0) is 48.6 Å². The molecule has 0 amide bonds. The van der Waals surface area contributed by atoms with Crippen LogP contribution in [-0.2, 0) is 0 Å². The minimum atomic E-state index is -1.84. The van der Waals surface area contributed by atoms with Gasteiger partial charge in [-0.25, -0.2) is 0 Å². The topological polar surface area (TPSA) is 0 Å². The Bertz CT molecular complexity index is 612. The Morgan fingerprint density at radius 2 is 0.810 bits per heavy atom. The molecule has 0 aliphatic rings. The first-order valence-corrected chi connectivity index (χ1v) is 9.23. The molecule has 0 bridgehead atoms. The zero-order valence-electron chi connectivity index (χ0n) is 11.6. The molecule has 0 N–H and O–H groups in total. The summed E-state index contributed by atoms with van der Waals surface area (Å²) in [6, 6.07) is 31.9. The molecule has 0 radical (unpaired) electrons. The maximum Gasteiger partial charge on any atom is 0.148 e. The van der Waals surface area contributed by atoms with E-state index in [0.717, 1.165) is 0 Å². The minimum absolute atomic E-state index is 1.30. The molecule has 0 atom stereocenters. The summed E-state index contributed by atoms with van der Waals surface area (Å²) in [6.45, 7) is 0. The highest BCUT2D eigenvalue weighted by molar-refractivity contribution is 8.15. The lowest BCUT2D eigenvalue weighted by atomic mass is 10.4. The summed E-state index contributed by atoms with van der Waals surface area (Å²) < 4.78 is 0. The first-order chi connectivity index (χ1) is 10.4. The quantitative estimate of drug-likeness (QED) is 0.520. The van der Waals surface area contributed by atoms with Crippen molar-refractivity contribution < 1.29 is 0 Å². The van der Waals surface area contributed by atoms with E-state index < -0.39 is 7.26 Å². The number of rotatable bonds is 4. The molecule has 0 nitrogen and oxygen atoms in total. The van der Waals surface area contributed by atoms with Crippen molar-refractivity contribution in [3.63, 3.8) is 0 Å². The van der Waals surface area contributed by atoms with E-state index in [4.69, 9.17) is 12.2 Å². The van der Waals surface area contributed by atoms with E-state index in [1.807, 2.05) is 5.11 Å². The van der Waals surface area contributed by atoms with Gasteiger partial charge in [-0.3, -0.25) is 0 Å². The molecular formula is C19H16PS+. The molecule has 3 rings (SSSR count). The van der Waals surface area contributed by atoms with Gasteiger partial charge in [0, 0.05) is 0 Å². The van der Waals surface area contributed by atoms with Crippen molar-refractivity contribution in [2.45, 2.75) is 0 Å². The van der Waals surface area contributed by atoms with Gasteiger partial charge in [0.25, 0.3) is 0 Å². The van der Waals surface area contributed by atoms with E-state index in [2.05, 4.69) is 91.0 Å². The van der Waals surface area contributed by atoms with Gasteiger partial charge in [-0.15, -0.1) is 0 Å². The van der Waals surface area contributed by atoms with Crippen LogP contribution >= 0.6 is 19.5 Å². The van der Waals surface area contributed by atoms with Crippen molar-refractivity contribution in [1.29, 1.82) is 0 Å². The van der Waals surface area contributed by atoms with Crippen molar-refractivity contribution in [2.75, 3.05) is 0 Å². The lowest BCUT2D eigenvalue weighted by Crippen LogP contribution is -2.31. The van der Waals surface area contributed by atoms with E-state index in [-0.39, 0.29) is 0 Å². The molecule has 2 heteroatoms. The molecule has 3 aromatic carbocycles. The second-order valence-electron chi connectivity index (χ2n) is 4.83. The second kappa shape index (κ2) is 6.30. The smallest absolute Gasteiger partial charge is 0.0620 e. The summed E-state index contributed by atoms with van der Waals surface area (Å²) in [5.74, 6) is 0. The van der Waals surface area contributed by atoms with Gasteiger partial charge in [-0.2, -0.15) is 0 Å². The molecule has 0 aromatic heterocycles. The van der Waals surface area contributed by atoms with Crippen LogP contribution in [0.4, 0.5) is 0 Å². The molecule has 0 heterocycles. The molecule has 21 heavy (non-hydrogen) atoms. The van der Waals surface area contributed by atoms with Gasteiger partial charge in [0.05, 0.1) is 0 Å². The van der Waals surface area contributed by atoms with Crippen molar-refractivity contribution in [2.24, 2.45) is 0 Å². The van der Waals surface area contributed by atoms with Crippen LogP contribution in [0.2, 0.25) is 0 Å². The van der Waals surface area contributed by atoms with Crippen LogP contribution in [0.5, 0.6) is 0 Å². The van der Waals surface area contributed by atoms with E-state index in [0.29, 0.717) is 0 Å². The normalized spacial score (nSPS) is 11.0. The highest BCUT2D eigenvalue weighted by Crippen LogP contribution is 2.52. The first-order valence-electron chi connectivity index (χ1n) is 6.90. The number of benzene rings is 3. The average Bonchev–Trinajstić information content (AvgIpc) is 2.59. The van der Waals surface area contributed by atoms with E-state index in [1.165, 1.54) is 15.9 Å². The molecule has 0 spiro atoms. The number of hydrogen-bond donors (Lipinski definition) is 0. The third-order valence-electron chi connectivity index (χ3n) is 3.65. The van der Waals surface area contributed by atoms with Gasteiger partial charge in [-0.1, -0.05) is 54.6 Å². The van der Waals surface area contributed by atoms with Crippen LogP contribution in [0.25, 0.3) is 0 Å². The summed E-state index contributed by atoms with van der Waals surface area (Å²) in [5, 5.41) is 5.90. The van der Waals surface area contributed by atoms with Crippen molar-refractivity contribution in [3.8, 4) is 0 Å². The number of thiocarbonyl (C=S) groups is 1. The molecule has 102 valence electrons. The third kappa shape index (κ3) is 2.55. The standard InChI is InChI=1S/C19H16PS/c21-16-20(17-10-4-1-5-11-17,18-12-6-2-7-13-18)19-14-8-3-9-15-19/h1-16H/q+1. The van der Waals surface area contributed by atoms with E-state index >= 15 is 0 Å². The molecule has 0 aliphatic heterocycles. The monoisotopic (exact) mass is 307 g/mol. The van der Waals surface area contributed by atoms with E-state index in [9.17, 15) is 0 Å². The summed E-state index contributed by atoms with van der Waals surface area (Å²) in [6.07, 6.45) is 0. The molecule has 0 fully saturated rings. The van der Waals surface area contributed by atoms with Crippen LogP contribution in [0.1, 0.15) is 0 Å². The SMILES string of the molecule is S=C[P+](c1ccccc1)(c1ccccc1)c1ccccc1. The summed E-state index contributed by atoms with van der Waals surface area (Å²) in [7, 11) is -1.84. The summed E-state index contributed by atoms with van der Waals surface area (Å²) in [4.78, 5) is 0.